The zero-order valence-electron chi connectivity index (χ0n) is 9.20. The lowest BCUT2D eigenvalue weighted by Crippen LogP contribution is -1.96. The molecular weight excluding hydrogens is 218 g/mol. The number of benzene rings is 2. The van der Waals surface area contributed by atoms with Crippen LogP contribution >= 0.6 is 11.6 Å². The molecule has 0 atom stereocenters. The summed E-state index contributed by atoms with van der Waals surface area (Å²) in [6, 6.07) is 14.0. The summed E-state index contributed by atoms with van der Waals surface area (Å²) in [6.07, 6.45) is 0.827. The molecule has 0 unspecified atom stereocenters. The van der Waals surface area contributed by atoms with Crippen molar-refractivity contribution in [3.8, 4) is 0 Å². The van der Waals surface area contributed by atoms with E-state index in [0.717, 1.165) is 22.7 Å². The monoisotopic (exact) mass is 231 g/mol. The topological polar surface area (TPSA) is 26.0 Å². The van der Waals surface area contributed by atoms with Crippen molar-refractivity contribution >= 4 is 17.3 Å². The number of nitrogens with two attached hydrogens (primary N) is 1. The summed E-state index contributed by atoms with van der Waals surface area (Å²) >= 11 is 5.95. The van der Waals surface area contributed by atoms with Crippen molar-refractivity contribution in [3.63, 3.8) is 0 Å². The Morgan fingerprint density at radius 1 is 1.12 bits per heavy atom. The normalized spacial score (nSPS) is 10.4. The van der Waals surface area contributed by atoms with Crippen LogP contribution in [0.4, 0.5) is 5.69 Å². The van der Waals surface area contributed by atoms with Crippen molar-refractivity contribution in [2.45, 2.75) is 13.3 Å². The summed E-state index contributed by atoms with van der Waals surface area (Å²) in [5, 5.41) is 0.767. The van der Waals surface area contributed by atoms with Gasteiger partial charge < -0.3 is 5.73 Å². The van der Waals surface area contributed by atoms with Crippen molar-refractivity contribution in [2.75, 3.05) is 5.73 Å². The van der Waals surface area contributed by atoms with Crippen LogP contribution in [0.1, 0.15) is 16.7 Å². The Kier molecular flexibility index (Phi) is 3.16. The molecule has 2 aromatic carbocycles. The summed E-state index contributed by atoms with van der Waals surface area (Å²) in [6.45, 7) is 2.07. The third-order valence-corrected chi connectivity index (χ3v) is 2.82. The van der Waals surface area contributed by atoms with Gasteiger partial charge in [0.25, 0.3) is 0 Å². The van der Waals surface area contributed by atoms with Crippen LogP contribution in [-0.4, -0.2) is 0 Å². The van der Waals surface area contributed by atoms with E-state index >= 15 is 0 Å². The van der Waals surface area contributed by atoms with Crippen LogP contribution < -0.4 is 5.73 Å². The quantitative estimate of drug-likeness (QED) is 0.782. The fourth-order valence-corrected chi connectivity index (χ4v) is 1.97. The lowest BCUT2D eigenvalue weighted by molar-refractivity contribution is 1.19. The molecule has 2 heteroatoms. The largest absolute Gasteiger partial charge is 0.398 e. The number of rotatable bonds is 2. The van der Waals surface area contributed by atoms with Gasteiger partial charge in [-0.3, -0.25) is 0 Å². The molecule has 0 bridgehead atoms. The fraction of sp³-hybridized carbons (Fsp3) is 0.143. The van der Waals surface area contributed by atoms with Crippen molar-refractivity contribution in [1.29, 1.82) is 0 Å². The molecule has 1 nitrogen and oxygen atoms in total. The van der Waals surface area contributed by atoms with Crippen LogP contribution in [0.3, 0.4) is 0 Å². The zero-order chi connectivity index (χ0) is 11.5. The van der Waals surface area contributed by atoms with Gasteiger partial charge in [0.15, 0.2) is 0 Å². The predicted octanol–water partition coefficient (Wildman–Crippen LogP) is 3.82. The van der Waals surface area contributed by atoms with Crippen LogP contribution in [-0.2, 0) is 6.42 Å². The zero-order valence-corrected chi connectivity index (χ0v) is 9.96. The smallest absolute Gasteiger partial charge is 0.0408 e. The van der Waals surface area contributed by atoms with E-state index in [1.165, 1.54) is 11.1 Å². The summed E-state index contributed by atoms with van der Waals surface area (Å²) < 4.78 is 0. The van der Waals surface area contributed by atoms with Gasteiger partial charge in [0, 0.05) is 10.7 Å². The van der Waals surface area contributed by atoms with Crippen molar-refractivity contribution in [2.24, 2.45) is 0 Å². The maximum absolute atomic E-state index is 5.95. The first kappa shape index (κ1) is 11.0. The Morgan fingerprint density at radius 2 is 1.94 bits per heavy atom. The second-order valence-corrected chi connectivity index (χ2v) is 4.45. The first-order chi connectivity index (χ1) is 7.65. The molecule has 0 aliphatic rings. The molecule has 0 fully saturated rings. The molecule has 82 valence electrons. The van der Waals surface area contributed by atoms with E-state index in [1.807, 2.05) is 30.3 Å². The lowest BCUT2D eigenvalue weighted by Gasteiger charge is -2.07. The molecule has 16 heavy (non-hydrogen) atoms. The maximum atomic E-state index is 5.95. The average molecular weight is 232 g/mol. The van der Waals surface area contributed by atoms with E-state index < -0.39 is 0 Å². The molecule has 2 N–H and O–H groups in total. The van der Waals surface area contributed by atoms with E-state index in [9.17, 15) is 0 Å². The van der Waals surface area contributed by atoms with Gasteiger partial charge in [0.05, 0.1) is 0 Å². The number of hydrogen-bond acceptors (Lipinski definition) is 1. The predicted molar refractivity (Wildman–Crippen MR) is 69.8 cm³/mol. The van der Waals surface area contributed by atoms with E-state index in [1.54, 1.807) is 0 Å². The van der Waals surface area contributed by atoms with Crippen LogP contribution in [0.25, 0.3) is 0 Å². The number of hydrogen-bond donors (Lipinski definition) is 1. The number of aryl methyl sites for hydroxylation is 1. The standard InChI is InChI=1S/C14H14ClN/c1-10-5-6-14(16)12(7-10)8-11-3-2-4-13(15)9-11/h2-7,9H,8,16H2,1H3. The second-order valence-electron chi connectivity index (χ2n) is 4.01. The molecule has 0 saturated carbocycles. The molecule has 0 aromatic heterocycles. The van der Waals surface area contributed by atoms with Crippen molar-refractivity contribution in [1.82, 2.24) is 0 Å². The van der Waals surface area contributed by atoms with E-state index in [2.05, 4.69) is 19.1 Å². The third kappa shape index (κ3) is 2.56. The van der Waals surface area contributed by atoms with Gasteiger partial charge in [-0.05, 0) is 42.7 Å². The first-order valence-corrected chi connectivity index (χ1v) is 5.62. The van der Waals surface area contributed by atoms with Gasteiger partial charge >= 0.3 is 0 Å². The molecule has 2 rings (SSSR count). The van der Waals surface area contributed by atoms with Gasteiger partial charge in [-0.2, -0.15) is 0 Å². The lowest BCUT2D eigenvalue weighted by atomic mass is 10.0. The van der Waals surface area contributed by atoms with Gasteiger partial charge in [0.2, 0.25) is 0 Å². The molecule has 0 radical (unpaired) electrons. The highest BCUT2D eigenvalue weighted by atomic mass is 35.5. The molecule has 0 amide bonds. The van der Waals surface area contributed by atoms with Crippen molar-refractivity contribution < 1.29 is 0 Å². The highest BCUT2D eigenvalue weighted by molar-refractivity contribution is 6.30. The van der Waals surface area contributed by atoms with Gasteiger partial charge in [0.1, 0.15) is 0 Å². The Balaban J connectivity index is 2.30. The fourth-order valence-electron chi connectivity index (χ4n) is 1.75. The number of anilines is 1. The molecule has 2 aromatic rings. The SMILES string of the molecule is Cc1ccc(N)c(Cc2cccc(Cl)c2)c1. The van der Waals surface area contributed by atoms with E-state index in [4.69, 9.17) is 17.3 Å². The summed E-state index contributed by atoms with van der Waals surface area (Å²) in [5.41, 5.74) is 10.3. The van der Waals surface area contributed by atoms with Gasteiger partial charge in [-0.1, -0.05) is 41.4 Å². The van der Waals surface area contributed by atoms with E-state index in [-0.39, 0.29) is 0 Å². The Hall–Kier alpha value is -1.47. The minimum Gasteiger partial charge on any atom is -0.398 e. The molecule has 0 aliphatic heterocycles. The van der Waals surface area contributed by atoms with Crippen LogP contribution in [0.15, 0.2) is 42.5 Å². The van der Waals surface area contributed by atoms with E-state index in [0.29, 0.717) is 0 Å². The summed E-state index contributed by atoms with van der Waals surface area (Å²) in [4.78, 5) is 0. The highest BCUT2D eigenvalue weighted by Crippen LogP contribution is 2.19. The third-order valence-electron chi connectivity index (χ3n) is 2.58. The number of nitrogen functional groups attached to an aromatic ring is 1. The minimum atomic E-state index is 0.767. The van der Waals surface area contributed by atoms with Crippen LogP contribution in [0, 0.1) is 6.92 Å². The minimum absolute atomic E-state index is 0.767. The second kappa shape index (κ2) is 4.58. The van der Waals surface area contributed by atoms with Crippen LogP contribution in [0.5, 0.6) is 0 Å². The van der Waals surface area contributed by atoms with Gasteiger partial charge in [-0.15, -0.1) is 0 Å². The maximum Gasteiger partial charge on any atom is 0.0408 e. The highest BCUT2D eigenvalue weighted by Gasteiger charge is 2.01. The van der Waals surface area contributed by atoms with Crippen LogP contribution in [0.2, 0.25) is 5.02 Å². The summed E-state index contributed by atoms with van der Waals surface area (Å²) in [5.74, 6) is 0. The molecular formula is C14H14ClN. The van der Waals surface area contributed by atoms with Crippen molar-refractivity contribution in [3.05, 3.63) is 64.2 Å². The molecule has 0 aliphatic carbocycles. The van der Waals surface area contributed by atoms with Gasteiger partial charge in [-0.25, -0.2) is 0 Å². The molecule has 0 heterocycles. The number of halogens is 1. The average Bonchev–Trinajstić information content (AvgIpc) is 2.24. The first-order valence-electron chi connectivity index (χ1n) is 5.24. The Morgan fingerprint density at radius 3 is 2.69 bits per heavy atom. The molecule has 0 spiro atoms. The molecule has 0 saturated heterocycles. The summed E-state index contributed by atoms with van der Waals surface area (Å²) in [7, 11) is 0. The Bertz CT molecular complexity index is 506. The Labute approximate surface area is 101 Å².